The molecule has 0 spiro atoms. The number of nitrogens with two attached hydrogens (primary N) is 2. The van der Waals surface area contributed by atoms with Crippen LogP contribution in [-0.2, 0) is 23.1 Å². The van der Waals surface area contributed by atoms with Gasteiger partial charge >= 0.3 is 6.80 Å². The van der Waals surface area contributed by atoms with Crippen molar-refractivity contribution in [3.05, 3.63) is 29.3 Å². The molecular formula is C21H27F2N10O6PS. The molecule has 4 aromatic rings. The number of halogens is 2. The number of aromatic amines is 1. The van der Waals surface area contributed by atoms with Crippen molar-refractivity contribution in [3.63, 3.8) is 0 Å². The molecule has 7 atom stereocenters. The maximum atomic E-state index is 16.2. The zero-order valence-electron chi connectivity index (χ0n) is 21.7. The Morgan fingerprint density at radius 2 is 1.85 bits per heavy atom. The predicted octanol–water partition coefficient (Wildman–Crippen LogP) is 1.94. The van der Waals surface area contributed by atoms with E-state index in [1.807, 2.05) is 0 Å². The van der Waals surface area contributed by atoms with Crippen LogP contribution in [0.3, 0.4) is 0 Å². The molecule has 222 valence electrons. The molecule has 4 aromatic heterocycles. The molecule has 0 aliphatic carbocycles. The van der Waals surface area contributed by atoms with Gasteiger partial charge in [0.25, 0.3) is 5.56 Å². The van der Waals surface area contributed by atoms with Gasteiger partial charge in [-0.3, -0.25) is 28.0 Å². The van der Waals surface area contributed by atoms with Crippen LogP contribution in [-0.4, -0.2) is 78.2 Å². The van der Waals surface area contributed by atoms with Gasteiger partial charge in [0.15, 0.2) is 41.3 Å². The molecule has 2 unspecified atom stereocenters. The number of H-pyrrole nitrogens is 1. The number of nitrogens with zero attached hydrogens (tertiary/aromatic N) is 7. The Balaban J connectivity index is 1.53. The molecule has 20 heteroatoms. The van der Waals surface area contributed by atoms with E-state index < -0.39 is 55.8 Å². The Morgan fingerprint density at radius 3 is 2.59 bits per heavy atom. The normalized spacial score (nSPS) is 29.0. The van der Waals surface area contributed by atoms with Crippen LogP contribution in [0.25, 0.3) is 22.3 Å². The summed E-state index contributed by atoms with van der Waals surface area (Å²) in [7, 11) is 2.58. The summed E-state index contributed by atoms with van der Waals surface area (Å²) in [6.45, 7) is -4.81. The van der Waals surface area contributed by atoms with E-state index in [2.05, 4.69) is 42.2 Å². The van der Waals surface area contributed by atoms with Gasteiger partial charge in [-0.1, -0.05) is 12.2 Å². The number of thiol groups is 1. The van der Waals surface area contributed by atoms with Crippen LogP contribution in [0, 0.1) is 5.92 Å². The molecule has 0 saturated carbocycles. The first kappa shape index (κ1) is 29.3. The van der Waals surface area contributed by atoms with Crippen LogP contribution < -0.4 is 17.0 Å². The maximum absolute atomic E-state index is 16.2. The first-order valence-electron chi connectivity index (χ1n) is 12.2. The van der Waals surface area contributed by atoms with Crippen LogP contribution in [0.1, 0.15) is 25.4 Å². The van der Waals surface area contributed by atoms with Gasteiger partial charge in [0.2, 0.25) is 5.95 Å². The number of hydrogen-bond donors (Lipinski definition) is 4. The van der Waals surface area contributed by atoms with Gasteiger partial charge in [-0.25, -0.2) is 33.3 Å². The van der Waals surface area contributed by atoms with Crippen LogP contribution in [0.15, 0.2) is 23.8 Å². The quantitative estimate of drug-likeness (QED) is 0.187. The second kappa shape index (κ2) is 11.6. The van der Waals surface area contributed by atoms with Crippen molar-refractivity contribution in [1.29, 1.82) is 0 Å². The number of fused-ring (bicyclic) bond motifs is 2. The van der Waals surface area contributed by atoms with E-state index in [-0.39, 0.29) is 46.9 Å². The van der Waals surface area contributed by atoms with Gasteiger partial charge in [-0.15, -0.1) is 0 Å². The fourth-order valence-corrected chi connectivity index (χ4v) is 6.17. The third-order valence-electron chi connectivity index (χ3n) is 6.87. The average Bonchev–Trinajstić information content (AvgIpc) is 3.55. The number of alkyl halides is 2. The van der Waals surface area contributed by atoms with Crippen molar-refractivity contribution in [2.75, 3.05) is 32.3 Å². The van der Waals surface area contributed by atoms with E-state index in [9.17, 15) is 9.36 Å². The van der Waals surface area contributed by atoms with Crippen LogP contribution in [0.2, 0.25) is 0 Å². The third-order valence-corrected chi connectivity index (χ3v) is 8.46. The minimum absolute atomic E-state index is 0.00132. The summed E-state index contributed by atoms with van der Waals surface area (Å²) in [5, 5.41) is 0. The number of nitrogen functional groups attached to an aromatic ring is 2. The number of imidazole rings is 2. The molecule has 1 saturated heterocycles. The fraction of sp³-hybridized carbons (Fsp3) is 0.524. The number of anilines is 2. The van der Waals surface area contributed by atoms with E-state index in [1.165, 1.54) is 26.9 Å². The second-order valence-electron chi connectivity index (χ2n) is 9.23. The number of hydrogen-bond acceptors (Lipinski definition) is 13. The molecule has 5 heterocycles. The number of ether oxygens (including phenoxy) is 2. The first-order chi connectivity index (χ1) is 19.5. The van der Waals surface area contributed by atoms with Crippen molar-refractivity contribution >= 4 is 53.1 Å². The van der Waals surface area contributed by atoms with Gasteiger partial charge < -0.3 is 20.9 Å². The lowest BCUT2D eigenvalue weighted by molar-refractivity contribution is -0.0589. The van der Waals surface area contributed by atoms with Crippen molar-refractivity contribution < 1.29 is 31.9 Å². The van der Waals surface area contributed by atoms with Crippen LogP contribution in [0.5, 0.6) is 0 Å². The molecule has 0 amide bonds. The van der Waals surface area contributed by atoms with Crippen LogP contribution >= 0.6 is 19.0 Å². The molecule has 1 aliphatic heterocycles. The lowest BCUT2D eigenvalue weighted by Crippen LogP contribution is -2.36. The SMILES string of the molecule is COC1CC[C@@H]([C@H](F)n2cnc3c(N)ncnc32)[C@H](OC)COP(=O)(S)O[C@H](n2cnc3c(=O)[nH]c(N)nc32)[C@@H]1F. The lowest BCUT2D eigenvalue weighted by Gasteiger charge is -2.30. The summed E-state index contributed by atoms with van der Waals surface area (Å²) >= 11 is 4.02. The fourth-order valence-electron chi connectivity index (χ4n) is 4.80. The third kappa shape index (κ3) is 5.64. The molecule has 5 N–H and O–H groups in total. The molecule has 1 fully saturated rings. The first-order valence-corrected chi connectivity index (χ1v) is 14.9. The Labute approximate surface area is 235 Å². The van der Waals surface area contributed by atoms with Crippen molar-refractivity contribution in [1.82, 2.24) is 39.0 Å². The topological polar surface area (TPSA) is 213 Å². The molecular weight excluding hydrogens is 589 g/mol. The largest absolute Gasteiger partial charge is 0.388 e. The average molecular weight is 617 g/mol. The van der Waals surface area contributed by atoms with Gasteiger partial charge in [0.1, 0.15) is 11.8 Å². The Bertz CT molecular complexity index is 1650. The van der Waals surface area contributed by atoms with E-state index in [0.717, 1.165) is 15.5 Å². The van der Waals surface area contributed by atoms with E-state index in [4.69, 9.17) is 30.0 Å². The summed E-state index contributed by atoms with van der Waals surface area (Å²) < 4.78 is 70.0. The number of rotatable bonds is 5. The number of aromatic nitrogens is 8. The Morgan fingerprint density at radius 1 is 1.12 bits per heavy atom. The van der Waals surface area contributed by atoms with E-state index >= 15 is 8.78 Å². The summed E-state index contributed by atoms with van der Waals surface area (Å²) in [6, 6.07) is 0. The van der Waals surface area contributed by atoms with Gasteiger partial charge in [-0.05, 0) is 12.8 Å². The Kier molecular flexibility index (Phi) is 8.27. The number of nitrogens with one attached hydrogen (secondary N) is 1. The zero-order chi connectivity index (χ0) is 29.5. The summed E-state index contributed by atoms with van der Waals surface area (Å²) in [4.78, 5) is 34.6. The predicted molar refractivity (Wildman–Crippen MR) is 144 cm³/mol. The highest BCUT2D eigenvalue weighted by Gasteiger charge is 2.42. The highest BCUT2D eigenvalue weighted by molar-refractivity contribution is 8.44. The summed E-state index contributed by atoms with van der Waals surface area (Å²) in [5.41, 5.74) is 10.9. The summed E-state index contributed by atoms with van der Waals surface area (Å²) in [6.07, 6.45) is -4.41. The molecule has 5 rings (SSSR count). The Hall–Kier alpha value is -3.22. The van der Waals surface area contributed by atoms with Crippen molar-refractivity contribution in [2.24, 2.45) is 5.92 Å². The monoisotopic (exact) mass is 616 g/mol. The van der Waals surface area contributed by atoms with Crippen LogP contribution in [0.4, 0.5) is 20.5 Å². The van der Waals surface area contributed by atoms with E-state index in [1.54, 1.807) is 0 Å². The van der Waals surface area contributed by atoms with Crippen molar-refractivity contribution in [2.45, 2.75) is 43.7 Å². The highest BCUT2D eigenvalue weighted by atomic mass is 32.7. The van der Waals surface area contributed by atoms with Gasteiger partial charge in [0.05, 0.1) is 31.5 Å². The minimum Gasteiger partial charge on any atom is -0.382 e. The standard InChI is InChI=1S/C21H27F2N10O6PS/c1-36-10-4-3-9(15(23)32-7-28-13-16(24)26-6-27-17(13)32)11(37-2)5-38-40(35,41)39-20(12(10)22)33-8-29-14-18(33)30-21(25)31-19(14)34/h6-12,15,20H,3-5H2,1-2H3,(H,35,41)(H2,24,26,27)(H3,25,30,31,34)/t9-,10?,11-,12-,15-,20+,40?/m1/s1. The summed E-state index contributed by atoms with van der Waals surface area (Å²) in [5.74, 6) is -1.19. The smallest absolute Gasteiger partial charge is 0.382 e. The molecule has 0 bridgehead atoms. The van der Waals surface area contributed by atoms with Crippen molar-refractivity contribution in [3.8, 4) is 0 Å². The molecule has 0 aromatic carbocycles. The number of methoxy groups -OCH3 is 2. The second-order valence-corrected chi connectivity index (χ2v) is 12.1. The van der Waals surface area contributed by atoms with E-state index in [0.29, 0.717) is 0 Å². The van der Waals surface area contributed by atoms with Gasteiger partial charge in [-0.2, -0.15) is 4.98 Å². The molecule has 1 aliphatic rings. The zero-order valence-corrected chi connectivity index (χ0v) is 23.5. The van der Waals surface area contributed by atoms with Gasteiger partial charge in [0, 0.05) is 20.1 Å². The molecule has 41 heavy (non-hydrogen) atoms. The maximum Gasteiger partial charge on any atom is 0.388 e. The lowest BCUT2D eigenvalue weighted by atomic mass is 9.92. The molecule has 0 radical (unpaired) electrons. The minimum atomic E-state index is -4.36. The highest BCUT2D eigenvalue weighted by Crippen LogP contribution is 2.57. The molecule has 16 nitrogen and oxygen atoms in total.